The molecule has 0 unspecified atom stereocenters. The second-order valence-corrected chi connectivity index (χ2v) is 4.16. The summed E-state index contributed by atoms with van der Waals surface area (Å²) in [5.41, 5.74) is 1.14. The summed E-state index contributed by atoms with van der Waals surface area (Å²) >= 11 is 0. The standard InChI is InChI=1S/C12H18N2/c1-10(12-4-2-3-8-14-12)13-9-7-11-5-6-11/h2-4,8,10-11,13H,5-7,9H2,1H3/t10-/m0/s1. The van der Waals surface area contributed by atoms with E-state index in [-0.39, 0.29) is 0 Å². The zero-order valence-corrected chi connectivity index (χ0v) is 8.74. The molecule has 76 valence electrons. The number of nitrogens with one attached hydrogen (secondary N) is 1. The number of hydrogen-bond acceptors (Lipinski definition) is 2. The molecule has 0 saturated heterocycles. The molecular weight excluding hydrogens is 172 g/mol. The van der Waals surface area contributed by atoms with E-state index in [0.717, 1.165) is 18.2 Å². The first-order valence-electron chi connectivity index (χ1n) is 5.50. The third kappa shape index (κ3) is 2.81. The van der Waals surface area contributed by atoms with Crippen LogP contribution >= 0.6 is 0 Å². The van der Waals surface area contributed by atoms with Crippen LogP contribution in [0.3, 0.4) is 0 Å². The molecule has 1 aromatic heterocycles. The topological polar surface area (TPSA) is 24.9 Å². The van der Waals surface area contributed by atoms with Gasteiger partial charge >= 0.3 is 0 Å². The summed E-state index contributed by atoms with van der Waals surface area (Å²) in [7, 11) is 0. The summed E-state index contributed by atoms with van der Waals surface area (Å²) in [6.07, 6.45) is 6.07. The molecule has 0 aromatic carbocycles. The summed E-state index contributed by atoms with van der Waals surface area (Å²) < 4.78 is 0. The Morgan fingerprint density at radius 2 is 2.36 bits per heavy atom. The molecule has 1 saturated carbocycles. The van der Waals surface area contributed by atoms with Gasteiger partial charge in [-0.15, -0.1) is 0 Å². The molecule has 1 atom stereocenters. The van der Waals surface area contributed by atoms with Crippen molar-refractivity contribution in [2.24, 2.45) is 5.92 Å². The number of nitrogens with zero attached hydrogens (tertiary/aromatic N) is 1. The fraction of sp³-hybridized carbons (Fsp3) is 0.583. The minimum atomic E-state index is 0.384. The van der Waals surface area contributed by atoms with Gasteiger partial charge in [0.2, 0.25) is 0 Å². The van der Waals surface area contributed by atoms with Crippen LogP contribution in [0.25, 0.3) is 0 Å². The van der Waals surface area contributed by atoms with Crippen LogP contribution in [0.2, 0.25) is 0 Å². The Hall–Kier alpha value is -0.890. The van der Waals surface area contributed by atoms with E-state index in [9.17, 15) is 0 Å². The lowest BCUT2D eigenvalue weighted by molar-refractivity contribution is 0.530. The fourth-order valence-corrected chi connectivity index (χ4v) is 1.65. The molecule has 1 aromatic rings. The molecule has 14 heavy (non-hydrogen) atoms. The molecule has 2 heteroatoms. The van der Waals surface area contributed by atoms with Crippen molar-refractivity contribution >= 4 is 0 Å². The molecular formula is C12H18N2. The molecule has 0 amide bonds. The number of pyridine rings is 1. The van der Waals surface area contributed by atoms with Crippen molar-refractivity contribution in [2.45, 2.75) is 32.2 Å². The van der Waals surface area contributed by atoms with Crippen molar-refractivity contribution in [3.8, 4) is 0 Å². The van der Waals surface area contributed by atoms with Crippen LogP contribution in [0.1, 0.15) is 37.9 Å². The molecule has 2 rings (SSSR count). The van der Waals surface area contributed by atoms with Crippen molar-refractivity contribution in [2.75, 3.05) is 6.54 Å². The van der Waals surface area contributed by atoms with Gasteiger partial charge in [0.15, 0.2) is 0 Å². The van der Waals surface area contributed by atoms with Crippen LogP contribution in [0, 0.1) is 5.92 Å². The minimum Gasteiger partial charge on any atom is -0.309 e. The first-order valence-corrected chi connectivity index (χ1v) is 5.50. The molecule has 1 fully saturated rings. The summed E-state index contributed by atoms with van der Waals surface area (Å²) in [5.74, 6) is 1.01. The van der Waals surface area contributed by atoms with Gasteiger partial charge in [0.1, 0.15) is 0 Å². The third-order valence-electron chi connectivity index (χ3n) is 2.83. The highest BCUT2D eigenvalue weighted by Gasteiger charge is 2.20. The van der Waals surface area contributed by atoms with Crippen molar-refractivity contribution in [1.82, 2.24) is 10.3 Å². The van der Waals surface area contributed by atoms with Gasteiger partial charge in [-0.1, -0.05) is 18.9 Å². The van der Waals surface area contributed by atoms with E-state index in [2.05, 4.69) is 23.3 Å². The van der Waals surface area contributed by atoms with Crippen LogP contribution in [-0.2, 0) is 0 Å². The monoisotopic (exact) mass is 190 g/mol. The summed E-state index contributed by atoms with van der Waals surface area (Å²) in [6.45, 7) is 3.30. The lowest BCUT2D eigenvalue weighted by atomic mass is 10.2. The molecule has 0 bridgehead atoms. The van der Waals surface area contributed by atoms with Crippen LogP contribution in [0.15, 0.2) is 24.4 Å². The average molecular weight is 190 g/mol. The molecule has 1 aliphatic carbocycles. The predicted octanol–water partition coefficient (Wildman–Crippen LogP) is 2.53. The maximum Gasteiger partial charge on any atom is 0.0570 e. The van der Waals surface area contributed by atoms with Crippen molar-refractivity contribution in [1.29, 1.82) is 0 Å². The van der Waals surface area contributed by atoms with E-state index >= 15 is 0 Å². The van der Waals surface area contributed by atoms with Crippen molar-refractivity contribution < 1.29 is 0 Å². The van der Waals surface area contributed by atoms with Gasteiger partial charge in [0, 0.05) is 12.2 Å². The molecule has 1 heterocycles. The lowest BCUT2D eigenvalue weighted by Gasteiger charge is -2.12. The van der Waals surface area contributed by atoms with E-state index in [4.69, 9.17) is 0 Å². The maximum absolute atomic E-state index is 4.33. The van der Waals surface area contributed by atoms with Gasteiger partial charge < -0.3 is 5.32 Å². The third-order valence-corrected chi connectivity index (χ3v) is 2.83. The second-order valence-electron chi connectivity index (χ2n) is 4.16. The van der Waals surface area contributed by atoms with E-state index < -0.39 is 0 Å². The summed E-state index contributed by atoms with van der Waals surface area (Å²) in [5, 5.41) is 3.51. The largest absolute Gasteiger partial charge is 0.309 e. The summed E-state index contributed by atoms with van der Waals surface area (Å²) in [4.78, 5) is 4.33. The van der Waals surface area contributed by atoms with Crippen LogP contribution in [-0.4, -0.2) is 11.5 Å². The maximum atomic E-state index is 4.33. The summed E-state index contributed by atoms with van der Waals surface area (Å²) in [6, 6.07) is 6.46. The van der Waals surface area contributed by atoms with Crippen LogP contribution in [0.4, 0.5) is 0 Å². The zero-order chi connectivity index (χ0) is 9.80. The fourth-order valence-electron chi connectivity index (χ4n) is 1.65. The Morgan fingerprint density at radius 1 is 1.50 bits per heavy atom. The molecule has 1 N–H and O–H groups in total. The first kappa shape index (κ1) is 9.66. The molecule has 1 aliphatic rings. The molecule has 0 aliphatic heterocycles. The van der Waals surface area contributed by atoms with E-state index in [1.807, 2.05) is 18.3 Å². The lowest BCUT2D eigenvalue weighted by Crippen LogP contribution is -2.20. The predicted molar refractivity (Wildman–Crippen MR) is 58.0 cm³/mol. The van der Waals surface area contributed by atoms with E-state index in [1.54, 1.807) is 0 Å². The number of aromatic nitrogens is 1. The van der Waals surface area contributed by atoms with Gasteiger partial charge in [0.05, 0.1) is 5.69 Å². The molecule has 0 spiro atoms. The van der Waals surface area contributed by atoms with Gasteiger partial charge in [-0.05, 0) is 37.9 Å². The number of hydrogen-bond donors (Lipinski definition) is 1. The SMILES string of the molecule is C[C@H](NCCC1CC1)c1ccccn1. The molecule has 0 radical (unpaired) electrons. The second kappa shape index (κ2) is 4.56. The van der Waals surface area contributed by atoms with Gasteiger partial charge in [-0.2, -0.15) is 0 Å². The van der Waals surface area contributed by atoms with Crippen LogP contribution in [0.5, 0.6) is 0 Å². The number of rotatable bonds is 5. The highest BCUT2D eigenvalue weighted by Crippen LogP contribution is 2.31. The first-order chi connectivity index (χ1) is 6.86. The highest BCUT2D eigenvalue weighted by molar-refractivity contribution is 5.07. The van der Waals surface area contributed by atoms with Gasteiger partial charge in [-0.25, -0.2) is 0 Å². The van der Waals surface area contributed by atoms with Crippen LogP contribution < -0.4 is 5.32 Å². The quantitative estimate of drug-likeness (QED) is 0.771. The normalized spacial score (nSPS) is 18.1. The van der Waals surface area contributed by atoms with Gasteiger partial charge in [0.25, 0.3) is 0 Å². The zero-order valence-electron chi connectivity index (χ0n) is 8.74. The van der Waals surface area contributed by atoms with E-state index in [1.165, 1.54) is 19.3 Å². The smallest absolute Gasteiger partial charge is 0.0570 e. The Bertz CT molecular complexity index is 267. The minimum absolute atomic E-state index is 0.384. The highest BCUT2D eigenvalue weighted by atomic mass is 14.9. The Labute approximate surface area is 85.7 Å². The van der Waals surface area contributed by atoms with E-state index in [0.29, 0.717) is 6.04 Å². The Balaban J connectivity index is 1.74. The average Bonchev–Trinajstić information content (AvgIpc) is 3.03. The Kier molecular flexibility index (Phi) is 3.14. The molecule has 2 nitrogen and oxygen atoms in total. The van der Waals surface area contributed by atoms with Gasteiger partial charge in [-0.3, -0.25) is 4.98 Å². The van der Waals surface area contributed by atoms with Crippen molar-refractivity contribution in [3.05, 3.63) is 30.1 Å². The Morgan fingerprint density at radius 3 is 3.00 bits per heavy atom. The van der Waals surface area contributed by atoms with Crippen molar-refractivity contribution in [3.63, 3.8) is 0 Å².